The first-order valence-corrected chi connectivity index (χ1v) is 10.2. The number of rotatable bonds is 3. The number of H-pyrrole nitrogens is 1. The maximum Gasteiger partial charge on any atom is 0.292 e. The molecule has 1 aliphatic rings. The number of amides is 1. The molecule has 0 aromatic carbocycles. The number of aryl methyl sites for hydroxylation is 2. The molecule has 1 unspecified atom stereocenters. The third-order valence-corrected chi connectivity index (χ3v) is 5.67. The Morgan fingerprint density at radius 3 is 2.84 bits per heavy atom. The van der Waals surface area contributed by atoms with E-state index in [4.69, 9.17) is 9.52 Å². The van der Waals surface area contributed by atoms with Crippen LogP contribution in [0.15, 0.2) is 35.0 Å². The molecule has 0 fully saturated rings. The van der Waals surface area contributed by atoms with Crippen molar-refractivity contribution in [1.82, 2.24) is 29.5 Å². The van der Waals surface area contributed by atoms with Crippen molar-refractivity contribution in [3.05, 3.63) is 70.7 Å². The average molecular weight is 420 g/mol. The van der Waals surface area contributed by atoms with Crippen molar-refractivity contribution < 1.29 is 14.3 Å². The maximum absolute atomic E-state index is 13.6. The van der Waals surface area contributed by atoms with Crippen molar-refractivity contribution in [2.24, 2.45) is 0 Å². The number of pyridine rings is 1. The molecule has 4 aromatic heterocycles. The van der Waals surface area contributed by atoms with Crippen LogP contribution in [0.2, 0.25) is 0 Å². The number of imidazole rings is 1. The molecule has 0 radical (unpaired) electrons. The molecule has 9 nitrogen and oxygen atoms in total. The highest BCUT2D eigenvalue weighted by Gasteiger charge is 2.39. The normalized spacial score (nSPS) is 16.7. The molecule has 0 saturated carbocycles. The van der Waals surface area contributed by atoms with Crippen LogP contribution in [0.4, 0.5) is 0 Å². The monoisotopic (exact) mass is 420 g/mol. The number of carbonyl (C=O) groups excluding carboxylic acids is 1. The van der Waals surface area contributed by atoms with Gasteiger partial charge in [0.25, 0.3) is 5.91 Å². The van der Waals surface area contributed by atoms with E-state index in [1.54, 1.807) is 32.0 Å². The van der Waals surface area contributed by atoms with E-state index < -0.39 is 11.6 Å². The van der Waals surface area contributed by atoms with Crippen molar-refractivity contribution in [3.8, 4) is 0 Å². The summed E-state index contributed by atoms with van der Waals surface area (Å²) in [7, 11) is 0. The number of aromatic amines is 1. The van der Waals surface area contributed by atoms with Crippen molar-refractivity contribution in [2.75, 3.05) is 6.54 Å². The summed E-state index contributed by atoms with van der Waals surface area (Å²) in [5, 5.41) is 15.0. The summed E-state index contributed by atoms with van der Waals surface area (Å²) < 4.78 is 7.59. The minimum absolute atomic E-state index is 0.116. The van der Waals surface area contributed by atoms with Crippen LogP contribution in [0.1, 0.15) is 64.8 Å². The predicted molar refractivity (Wildman–Crippen MR) is 112 cm³/mol. The summed E-state index contributed by atoms with van der Waals surface area (Å²) in [4.78, 5) is 27.3. The van der Waals surface area contributed by atoms with Gasteiger partial charge >= 0.3 is 0 Å². The zero-order chi connectivity index (χ0) is 21.9. The molecule has 0 saturated heterocycles. The van der Waals surface area contributed by atoms with E-state index in [1.807, 2.05) is 35.7 Å². The zero-order valence-electron chi connectivity index (χ0n) is 17.9. The third kappa shape index (κ3) is 3.12. The zero-order valence-corrected chi connectivity index (χ0v) is 17.9. The van der Waals surface area contributed by atoms with Crippen molar-refractivity contribution in [1.29, 1.82) is 0 Å². The van der Waals surface area contributed by atoms with Gasteiger partial charge in [-0.2, -0.15) is 5.10 Å². The SMILES string of the molecule is Cc1nc(C(C)(C)O)oc1C(=O)N1CCc2[nH]cnc2C1c1cc2cccc(C)n2n1. The van der Waals surface area contributed by atoms with Gasteiger partial charge in [-0.25, -0.2) is 14.5 Å². The predicted octanol–water partition coefficient (Wildman–Crippen LogP) is 2.68. The van der Waals surface area contributed by atoms with Gasteiger partial charge in [0.05, 0.1) is 28.9 Å². The number of aromatic nitrogens is 5. The van der Waals surface area contributed by atoms with Gasteiger partial charge in [-0.05, 0) is 45.9 Å². The lowest BCUT2D eigenvalue weighted by molar-refractivity contribution is 0.0440. The highest BCUT2D eigenvalue weighted by Crippen LogP contribution is 2.35. The number of aliphatic hydroxyl groups is 1. The summed E-state index contributed by atoms with van der Waals surface area (Å²) >= 11 is 0. The second-order valence-electron chi connectivity index (χ2n) is 8.48. The molecule has 9 heteroatoms. The molecule has 1 atom stereocenters. The molecular formula is C22H24N6O3. The first-order valence-electron chi connectivity index (χ1n) is 10.2. The highest BCUT2D eigenvalue weighted by molar-refractivity contribution is 5.93. The van der Waals surface area contributed by atoms with Crippen molar-refractivity contribution in [2.45, 2.75) is 45.8 Å². The summed E-state index contributed by atoms with van der Waals surface area (Å²) in [5.41, 5.74) is 3.62. The van der Waals surface area contributed by atoms with E-state index in [-0.39, 0.29) is 17.6 Å². The lowest BCUT2D eigenvalue weighted by Crippen LogP contribution is -2.41. The first kappa shape index (κ1) is 19.5. The second kappa shape index (κ2) is 6.78. The minimum Gasteiger partial charge on any atom is -0.432 e. The number of carbonyl (C=O) groups is 1. The van der Waals surface area contributed by atoms with Crippen molar-refractivity contribution in [3.63, 3.8) is 0 Å². The van der Waals surface area contributed by atoms with E-state index in [1.165, 1.54) is 0 Å². The number of fused-ring (bicyclic) bond motifs is 2. The minimum atomic E-state index is -1.28. The van der Waals surface area contributed by atoms with E-state index in [2.05, 4.69) is 15.0 Å². The molecule has 1 aliphatic heterocycles. The molecule has 0 aliphatic carbocycles. The summed E-state index contributed by atoms with van der Waals surface area (Å²) in [5.74, 6) is -0.0558. The Bertz CT molecular complexity index is 1290. The fourth-order valence-corrected chi connectivity index (χ4v) is 4.09. The van der Waals surface area contributed by atoms with Crippen LogP contribution in [0.5, 0.6) is 0 Å². The largest absolute Gasteiger partial charge is 0.432 e. The number of hydrogen-bond acceptors (Lipinski definition) is 6. The van der Waals surface area contributed by atoms with E-state index in [0.717, 1.165) is 28.3 Å². The molecule has 0 bridgehead atoms. The van der Waals surface area contributed by atoms with E-state index in [0.29, 0.717) is 18.7 Å². The van der Waals surface area contributed by atoms with Crippen molar-refractivity contribution >= 4 is 11.4 Å². The molecule has 1 amide bonds. The summed E-state index contributed by atoms with van der Waals surface area (Å²) in [6.45, 7) is 7.32. The van der Waals surface area contributed by atoms with Crippen LogP contribution in [0.25, 0.3) is 5.52 Å². The Labute approximate surface area is 178 Å². The number of oxazole rings is 1. The Morgan fingerprint density at radius 2 is 2.13 bits per heavy atom. The van der Waals surface area contributed by atoms with Crippen LogP contribution in [-0.4, -0.2) is 47.0 Å². The van der Waals surface area contributed by atoms with Gasteiger partial charge in [0, 0.05) is 24.4 Å². The molecule has 0 spiro atoms. The topological polar surface area (TPSA) is 113 Å². The van der Waals surface area contributed by atoms with Crippen LogP contribution >= 0.6 is 0 Å². The maximum atomic E-state index is 13.6. The molecule has 4 aromatic rings. The number of nitrogens with one attached hydrogen (secondary N) is 1. The number of hydrogen-bond donors (Lipinski definition) is 2. The van der Waals surface area contributed by atoms with Gasteiger partial charge in [-0.15, -0.1) is 0 Å². The van der Waals surface area contributed by atoms with Crippen LogP contribution in [0.3, 0.4) is 0 Å². The Kier molecular flexibility index (Phi) is 4.26. The van der Waals surface area contributed by atoms with Gasteiger partial charge in [0.1, 0.15) is 11.6 Å². The van der Waals surface area contributed by atoms with Gasteiger partial charge < -0.3 is 19.4 Å². The quantitative estimate of drug-likeness (QED) is 0.527. The highest BCUT2D eigenvalue weighted by atomic mass is 16.4. The van der Waals surface area contributed by atoms with E-state index in [9.17, 15) is 9.90 Å². The lowest BCUT2D eigenvalue weighted by Gasteiger charge is -2.33. The van der Waals surface area contributed by atoms with Gasteiger partial charge in [0.15, 0.2) is 0 Å². The van der Waals surface area contributed by atoms with Gasteiger partial charge in [-0.3, -0.25) is 4.79 Å². The van der Waals surface area contributed by atoms with Crippen LogP contribution in [0, 0.1) is 13.8 Å². The standard InChI is InChI=1S/C22H24N6O3/c1-12-6-5-7-14-10-16(26-28(12)14)18-17-15(23-11-24-17)8-9-27(18)20(29)19-13(2)25-21(31-19)22(3,4)30/h5-7,10-11,18,30H,8-9H2,1-4H3,(H,23,24). The summed E-state index contributed by atoms with van der Waals surface area (Å²) in [6, 6.07) is 7.48. The number of nitrogens with zero attached hydrogens (tertiary/aromatic N) is 5. The molecule has 160 valence electrons. The Balaban J connectivity index is 1.61. The first-order chi connectivity index (χ1) is 14.7. The second-order valence-corrected chi connectivity index (χ2v) is 8.48. The molecule has 31 heavy (non-hydrogen) atoms. The lowest BCUT2D eigenvalue weighted by atomic mass is 9.99. The third-order valence-electron chi connectivity index (χ3n) is 5.67. The average Bonchev–Trinajstić information content (AvgIpc) is 3.44. The molecule has 5 heterocycles. The fourth-order valence-electron chi connectivity index (χ4n) is 4.09. The molecule has 2 N–H and O–H groups in total. The molecule has 5 rings (SSSR count). The van der Waals surface area contributed by atoms with Gasteiger partial charge in [-0.1, -0.05) is 6.07 Å². The smallest absolute Gasteiger partial charge is 0.292 e. The Hall–Kier alpha value is -3.46. The Morgan fingerprint density at radius 1 is 1.32 bits per heavy atom. The molecular weight excluding hydrogens is 396 g/mol. The fraction of sp³-hybridized carbons (Fsp3) is 0.364. The van der Waals surface area contributed by atoms with E-state index >= 15 is 0 Å². The summed E-state index contributed by atoms with van der Waals surface area (Å²) in [6.07, 6.45) is 2.30. The van der Waals surface area contributed by atoms with Gasteiger partial charge in [0.2, 0.25) is 11.7 Å². The van der Waals surface area contributed by atoms with Crippen LogP contribution in [-0.2, 0) is 12.0 Å². The van der Waals surface area contributed by atoms with Crippen LogP contribution < -0.4 is 0 Å².